The fourth-order valence-electron chi connectivity index (χ4n) is 2.60. The lowest BCUT2D eigenvalue weighted by Crippen LogP contribution is -2.34. The smallest absolute Gasteiger partial charge is 0.237 e. The van der Waals surface area contributed by atoms with Crippen LogP contribution in [0.1, 0.15) is 43.0 Å². The molecule has 0 aliphatic heterocycles. The maximum atomic E-state index is 6.33. The average Bonchev–Trinajstić information content (AvgIpc) is 3.08. The molecule has 114 valence electrons. The van der Waals surface area contributed by atoms with Crippen molar-refractivity contribution in [2.45, 2.75) is 48.8 Å². The number of halogens is 1. The number of nitrogens with zero attached hydrogens (tertiary/aromatic N) is 2. The van der Waals surface area contributed by atoms with E-state index in [4.69, 9.17) is 10.3 Å². The van der Waals surface area contributed by atoms with Gasteiger partial charge in [-0.2, -0.15) is 4.98 Å². The molecule has 0 unspecified atom stereocenters. The Morgan fingerprint density at radius 1 is 1.29 bits per heavy atom. The van der Waals surface area contributed by atoms with Gasteiger partial charge in [0.2, 0.25) is 5.89 Å². The molecule has 3 rings (SSSR count). The monoisotopic (exact) mass is 325 g/mol. The van der Waals surface area contributed by atoms with Crippen molar-refractivity contribution in [3.05, 3.63) is 41.5 Å². The second kappa shape index (κ2) is 6.81. The maximum Gasteiger partial charge on any atom is 0.237 e. The van der Waals surface area contributed by atoms with Crippen LogP contribution in [0.5, 0.6) is 0 Å². The predicted octanol–water partition coefficient (Wildman–Crippen LogP) is 3.82. The summed E-state index contributed by atoms with van der Waals surface area (Å²) in [7, 11) is 0. The molecule has 0 radical (unpaired) electrons. The number of nitrogens with two attached hydrogens (primary N) is 1. The van der Waals surface area contributed by atoms with Gasteiger partial charge in [-0.15, -0.1) is 24.2 Å². The molecule has 2 N–H and O–H groups in total. The van der Waals surface area contributed by atoms with Crippen molar-refractivity contribution in [3.63, 3.8) is 0 Å². The molecule has 0 atom stereocenters. The summed E-state index contributed by atoms with van der Waals surface area (Å²) in [5.41, 5.74) is 7.23. The van der Waals surface area contributed by atoms with E-state index < -0.39 is 0 Å². The minimum absolute atomic E-state index is 0. The molecule has 0 bridgehead atoms. The number of hydrogen-bond acceptors (Lipinski definition) is 5. The Hall–Kier alpha value is -1.04. The second-order valence-electron chi connectivity index (χ2n) is 5.43. The molecule has 2 aromatic rings. The largest absolute Gasteiger partial charge is 0.338 e. The van der Waals surface area contributed by atoms with Crippen molar-refractivity contribution >= 4 is 24.2 Å². The van der Waals surface area contributed by atoms with E-state index in [0.717, 1.165) is 25.7 Å². The summed E-state index contributed by atoms with van der Waals surface area (Å²) in [4.78, 5) is 5.73. The lowest BCUT2D eigenvalue weighted by Gasteiger charge is -2.17. The van der Waals surface area contributed by atoms with E-state index in [9.17, 15) is 0 Å². The fourth-order valence-corrected chi connectivity index (χ4v) is 3.47. The van der Waals surface area contributed by atoms with E-state index in [1.807, 2.05) is 12.1 Å². The normalized spacial score (nSPS) is 16.7. The zero-order valence-corrected chi connectivity index (χ0v) is 13.7. The van der Waals surface area contributed by atoms with Crippen molar-refractivity contribution in [1.82, 2.24) is 10.1 Å². The van der Waals surface area contributed by atoms with Gasteiger partial charge >= 0.3 is 0 Å². The standard InChI is InChI=1S/C15H19N3OS.ClH/c1-11-6-2-3-7-12(11)20-10-13-17-14(18-19-13)15(16)8-4-5-9-15;/h2-3,6-7H,4-5,8-10,16H2,1H3;1H. The Bertz CT molecular complexity index is 596. The fraction of sp³-hybridized carbons (Fsp3) is 0.467. The van der Waals surface area contributed by atoms with Crippen molar-refractivity contribution in [3.8, 4) is 0 Å². The third kappa shape index (κ3) is 3.59. The minimum Gasteiger partial charge on any atom is -0.338 e. The van der Waals surface area contributed by atoms with Crippen LogP contribution in [0, 0.1) is 6.92 Å². The van der Waals surface area contributed by atoms with Gasteiger partial charge in [0.1, 0.15) is 0 Å². The lowest BCUT2D eigenvalue weighted by molar-refractivity contribution is 0.355. The van der Waals surface area contributed by atoms with Gasteiger partial charge in [0.05, 0.1) is 11.3 Å². The summed E-state index contributed by atoms with van der Waals surface area (Å²) in [5, 5.41) is 4.08. The van der Waals surface area contributed by atoms with Crippen LogP contribution >= 0.6 is 24.2 Å². The van der Waals surface area contributed by atoms with E-state index in [-0.39, 0.29) is 17.9 Å². The first-order valence-electron chi connectivity index (χ1n) is 6.98. The van der Waals surface area contributed by atoms with E-state index in [1.54, 1.807) is 11.8 Å². The summed E-state index contributed by atoms with van der Waals surface area (Å²) in [6, 6.07) is 8.30. The molecule has 1 aliphatic rings. The molecule has 0 spiro atoms. The van der Waals surface area contributed by atoms with E-state index >= 15 is 0 Å². The highest BCUT2D eigenvalue weighted by atomic mass is 35.5. The van der Waals surface area contributed by atoms with Gasteiger partial charge in [0.25, 0.3) is 0 Å². The van der Waals surface area contributed by atoms with E-state index in [0.29, 0.717) is 17.5 Å². The van der Waals surface area contributed by atoms with Gasteiger partial charge in [-0.25, -0.2) is 0 Å². The van der Waals surface area contributed by atoms with Crippen LogP contribution in [0.2, 0.25) is 0 Å². The predicted molar refractivity (Wildman–Crippen MR) is 86.6 cm³/mol. The summed E-state index contributed by atoms with van der Waals surface area (Å²) in [5.74, 6) is 2.02. The van der Waals surface area contributed by atoms with Crippen LogP contribution < -0.4 is 5.73 Å². The lowest BCUT2D eigenvalue weighted by atomic mass is 9.99. The van der Waals surface area contributed by atoms with Crippen LogP contribution in [0.15, 0.2) is 33.7 Å². The summed E-state index contributed by atoms with van der Waals surface area (Å²) >= 11 is 1.72. The highest BCUT2D eigenvalue weighted by molar-refractivity contribution is 7.98. The molecular weight excluding hydrogens is 306 g/mol. The molecule has 1 aromatic carbocycles. The molecule has 0 saturated heterocycles. The first-order valence-corrected chi connectivity index (χ1v) is 7.96. The van der Waals surface area contributed by atoms with Crippen molar-refractivity contribution in [2.24, 2.45) is 5.73 Å². The minimum atomic E-state index is -0.366. The molecule has 1 fully saturated rings. The quantitative estimate of drug-likeness (QED) is 0.866. The summed E-state index contributed by atoms with van der Waals surface area (Å²) in [6.07, 6.45) is 4.21. The summed E-state index contributed by atoms with van der Waals surface area (Å²) < 4.78 is 5.34. The Balaban J connectivity index is 0.00000161. The third-order valence-corrected chi connectivity index (χ3v) is 5.01. The Morgan fingerprint density at radius 2 is 2.00 bits per heavy atom. The van der Waals surface area contributed by atoms with Gasteiger partial charge in [0.15, 0.2) is 5.82 Å². The van der Waals surface area contributed by atoms with Crippen LogP contribution in [0.25, 0.3) is 0 Å². The zero-order valence-electron chi connectivity index (χ0n) is 12.0. The molecule has 4 nitrogen and oxygen atoms in total. The third-order valence-electron chi connectivity index (χ3n) is 3.85. The van der Waals surface area contributed by atoms with Gasteiger partial charge in [0, 0.05) is 4.90 Å². The Labute approximate surface area is 135 Å². The SMILES string of the molecule is Cc1ccccc1SCc1nc(C2(N)CCCC2)no1.Cl. The van der Waals surface area contributed by atoms with Crippen LogP contribution in [0.4, 0.5) is 0 Å². The molecule has 1 aliphatic carbocycles. The molecule has 1 saturated carbocycles. The number of thioether (sulfide) groups is 1. The molecule has 0 amide bonds. The van der Waals surface area contributed by atoms with Crippen molar-refractivity contribution in [2.75, 3.05) is 0 Å². The van der Waals surface area contributed by atoms with Crippen LogP contribution in [0.3, 0.4) is 0 Å². The first-order chi connectivity index (χ1) is 9.67. The van der Waals surface area contributed by atoms with E-state index in [2.05, 4.69) is 29.2 Å². The highest BCUT2D eigenvalue weighted by Gasteiger charge is 2.35. The zero-order chi connectivity index (χ0) is 14.0. The number of rotatable bonds is 4. The number of aromatic nitrogens is 2. The topological polar surface area (TPSA) is 64.9 Å². The number of aryl methyl sites for hydroxylation is 1. The maximum absolute atomic E-state index is 6.33. The van der Waals surface area contributed by atoms with Crippen molar-refractivity contribution < 1.29 is 4.52 Å². The average molecular weight is 326 g/mol. The van der Waals surface area contributed by atoms with Gasteiger partial charge in [-0.05, 0) is 31.4 Å². The second-order valence-corrected chi connectivity index (χ2v) is 6.45. The molecular formula is C15H20ClN3OS. The molecule has 6 heteroatoms. The van der Waals surface area contributed by atoms with Crippen molar-refractivity contribution in [1.29, 1.82) is 0 Å². The van der Waals surface area contributed by atoms with Gasteiger partial charge < -0.3 is 10.3 Å². The van der Waals surface area contributed by atoms with E-state index in [1.165, 1.54) is 10.5 Å². The highest BCUT2D eigenvalue weighted by Crippen LogP contribution is 2.35. The Morgan fingerprint density at radius 3 is 2.71 bits per heavy atom. The Kier molecular flexibility index (Phi) is 5.30. The van der Waals surface area contributed by atoms with Crippen LogP contribution in [-0.4, -0.2) is 10.1 Å². The van der Waals surface area contributed by atoms with Gasteiger partial charge in [-0.3, -0.25) is 0 Å². The first kappa shape index (κ1) is 16.3. The molecule has 1 heterocycles. The summed E-state index contributed by atoms with van der Waals surface area (Å²) in [6.45, 7) is 2.11. The molecule has 21 heavy (non-hydrogen) atoms. The number of hydrogen-bond donors (Lipinski definition) is 1. The van der Waals surface area contributed by atoms with Crippen LogP contribution in [-0.2, 0) is 11.3 Å². The van der Waals surface area contributed by atoms with Gasteiger partial charge in [-0.1, -0.05) is 36.2 Å². The molecule has 1 aromatic heterocycles. The number of benzene rings is 1.